The van der Waals surface area contributed by atoms with Crippen LogP contribution in [0.2, 0.25) is 0 Å². The van der Waals surface area contributed by atoms with Crippen LogP contribution in [0.3, 0.4) is 0 Å². The summed E-state index contributed by atoms with van der Waals surface area (Å²) in [5, 5.41) is 9.23. The standard InChI is InChI=1S/C13H17BrN2O2/c1-9-5-6-10(8-17)7-16(9)13(18)11-3-2-4-12(14)15-11/h2-4,9-10,17H,5-8H2,1H3. The minimum Gasteiger partial charge on any atom is -0.396 e. The number of amides is 1. The van der Waals surface area contributed by atoms with E-state index in [0.29, 0.717) is 16.8 Å². The lowest BCUT2D eigenvalue weighted by molar-refractivity contribution is 0.0483. The van der Waals surface area contributed by atoms with Gasteiger partial charge in [0.25, 0.3) is 5.91 Å². The third-order valence-electron chi connectivity index (χ3n) is 3.43. The first-order valence-corrected chi connectivity index (χ1v) is 6.95. The number of hydrogen-bond donors (Lipinski definition) is 1. The van der Waals surface area contributed by atoms with Crippen LogP contribution in [0, 0.1) is 5.92 Å². The number of aliphatic hydroxyl groups is 1. The number of pyridine rings is 1. The van der Waals surface area contributed by atoms with Crippen LogP contribution in [0.4, 0.5) is 0 Å². The Bertz CT molecular complexity index is 439. The number of rotatable bonds is 2. The maximum atomic E-state index is 12.4. The zero-order valence-corrected chi connectivity index (χ0v) is 11.9. The van der Waals surface area contributed by atoms with Crippen LogP contribution in [-0.2, 0) is 0 Å². The van der Waals surface area contributed by atoms with Gasteiger partial charge in [-0.25, -0.2) is 4.98 Å². The molecule has 1 saturated heterocycles. The first-order valence-electron chi connectivity index (χ1n) is 6.16. The molecule has 0 radical (unpaired) electrons. The Morgan fingerprint density at radius 2 is 2.33 bits per heavy atom. The van der Waals surface area contributed by atoms with E-state index in [1.807, 2.05) is 17.9 Å². The summed E-state index contributed by atoms with van der Waals surface area (Å²) >= 11 is 3.27. The van der Waals surface area contributed by atoms with Gasteiger partial charge >= 0.3 is 0 Å². The maximum Gasteiger partial charge on any atom is 0.272 e. The van der Waals surface area contributed by atoms with Gasteiger partial charge in [-0.05, 0) is 53.7 Å². The molecule has 1 aromatic heterocycles. The first-order chi connectivity index (χ1) is 8.61. The highest BCUT2D eigenvalue weighted by Crippen LogP contribution is 2.23. The molecule has 1 amide bonds. The van der Waals surface area contributed by atoms with Crippen molar-refractivity contribution in [1.82, 2.24) is 9.88 Å². The molecule has 1 aliphatic rings. The van der Waals surface area contributed by atoms with E-state index in [2.05, 4.69) is 20.9 Å². The summed E-state index contributed by atoms with van der Waals surface area (Å²) in [5.41, 5.74) is 0.454. The Balaban J connectivity index is 2.16. The lowest BCUT2D eigenvalue weighted by Gasteiger charge is -2.37. The number of piperidine rings is 1. The van der Waals surface area contributed by atoms with Crippen LogP contribution in [0.1, 0.15) is 30.3 Å². The number of aliphatic hydroxyl groups excluding tert-OH is 1. The second kappa shape index (κ2) is 5.80. The van der Waals surface area contributed by atoms with Crippen LogP contribution in [0.15, 0.2) is 22.8 Å². The van der Waals surface area contributed by atoms with Crippen LogP contribution < -0.4 is 0 Å². The maximum absolute atomic E-state index is 12.4. The third kappa shape index (κ3) is 2.90. The van der Waals surface area contributed by atoms with Crippen LogP contribution in [0.25, 0.3) is 0 Å². The lowest BCUT2D eigenvalue weighted by atomic mass is 9.94. The number of carbonyl (C=O) groups excluding carboxylic acids is 1. The Morgan fingerprint density at radius 1 is 1.56 bits per heavy atom. The monoisotopic (exact) mass is 312 g/mol. The summed E-state index contributed by atoms with van der Waals surface area (Å²) in [4.78, 5) is 18.4. The predicted molar refractivity (Wildman–Crippen MR) is 72.2 cm³/mol. The van der Waals surface area contributed by atoms with Crippen molar-refractivity contribution in [3.8, 4) is 0 Å². The highest BCUT2D eigenvalue weighted by Gasteiger charge is 2.29. The second-order valence-corrected chi connectivity index (χ2v) is 5.59. The molecular weight excluding hydrogens is 296 g/mol. The number of aromatic nitrogens is 1. The van der Waals surface area contributed by atoms with Crippen molar-refractivity contribution in [2.45, 2.75) is 25.8 Å². The smallest absolute Gasteiger partial charge is 0.272 e. The van der Waals surface area contributed by atoms with Gasteiger partial charge in [0.2, 0.25) is 0 Å². The van der Waals surface area contributed by atoms with Gasteiger partial charge in [-0.15, -0.1) is 0 Å². The second-order valence-electron chi connectivity index (χ2n) is 4.78. The number of nitrogens with zero attached hydrogens (tertiary/aromatic N) is 2. The van der Waals surface area contributed by atoms with Crippen LogP contribution >= 0.6 is 15.9 Å². The van der Waals surface area contributed by atoms with E-state index < -0.39 is 0 Å². The van der Waals surface area contributed by atoms with E-state index in [1.54, 1.807) is 12.1 Å². The molecule has 1 aliphatic heterocycles. The minimum absolute atomic E-state index is 0.0537. The molecule has 4 nitrogen and oxygen atoms in total. The van der Waals surface area contributed by atoms with Gasteiger partial charge in [0.1, 0.15) is 10.3 Å². The Kier molecular flexibility index (Phi) is 4.35. The van der Waals surface area contributed by atoms with Crippen molar-refractivity contribution in [3.63, 3.8) is 0 Å². The molecule has 2 heterocycles. The highest BCUT2D eigenvalue weighted by atomic mass is 79.9. The summed E-state index contributed by atoms with van der Waals surface area (Å²) in [7, 11) is 0. The van der Waals surface area contributed by atoms with E-state index in [4.69, 9.17) is 0 Å². The highest BCUT2D eigenvalue weighted by molar-refractivity contribution is 9.10. The van der Waals surface area contributed by atoms with Gasteiger partial charge < -0.3 is 10.0 Å². The van der Waals surface area contributed by atoms with Crippen molar-refractivity contribution >= 4 is 21.8 Å². The van der Waals surface area contributed by atoms with Gasteiger partial charge in [-0.3, -0.25) is 4.79 Å². The fourth-order valence-electron chi connectivity index (χ4n) is 2.29. The third-order valence-corrected chi connectivity index (χ3v) is 3.87. The molecule has 0 spiro atoms. The summed E-state index contributed by atoms with van der Waals surface area (Å²) in [6.07, 6.45) is 1.92. The molecular formula is C13H17BrN2O2. The van der Waals surface area contributed by atoms with E-state index in [0.717, 1.165) is 12.8 Å². The number of likely N-dealkylation sites (tertiary alicyclic amines) is 1. The van der Waals surface area contributed by atoms with E-state index in [9.17, 15) is 9.90 Å². The summed E-state index contributed by atoms with van der Waals surface area (Å²) in [6, 6.07) is 5.54. The van der Waals surface area contributed by atoms with Crippen molar-refractivity contribution in [3.05, 3.63) is 28.5 Å². The van der Waals surface area contributed by atoms with E-state index >= 15 is 0 Å². The topological polar surface area (TPSA) is 53.4 Å². The molecule has 0 aromatic carbocycles. The van der Waals surface area contributed by atoms with Crippen LogP contribution in [0.5, 0.6) is 0 Å². The zero-order valence-electron chi connectivity index (χ0n) is 10.3. The number of hydrogen-bond acceptors (Lipinski definition) is 3. The molecule has 1 fully saturated rings. The molecule has 2 rings (SSSR count). The first kappa shape index (κ1) is 13.5. The molecule has 98 valence electrons. The molecule has 1 aromatic rings. The normalized spacial score (nSPS) is 24.1. The number of carbonyl (C=O) groups is 1. The molecule has 0 bridgehead atoms. The van der Waals surface area contributed by atoms with Gasteiger partial charge in [0, 0.05) is 19.2 Å². The van der Waals surface area contributed by atoms with Gasteiger partial charge in [-0.1, -0.05) is 6.07 Å². The van der Waals surface area contributed by atoms with E-state index in [1.165, 1.54) is 0 Å². The van der Waals surface area contributed by atoms with Crippen molar-refractivity contribution < 1.29 is 9.90 Å². The molecule has 2 unspecified atom stereocenters. The number of halogens is 1. The minimum atomic E-state index is -0.0537. The van der Waals surface area contributed by atoms with Crippen LogP contribution in [-0.4, -0.2) is 40.1 Å². The summed E-state index contributed by atoms with van der Waals surface area (Å²) < 4.78 is 0.664. The average molecular weight is 313 g/mol. The van der Waals surface area contributed by atoms with Gasteiger partial charge in [0.15, 0.2) is 0 Å². The Hall–Kier alpha value is -0.940. The average Bonchev–Trinajstić information content (AvgIpc) is 2.38. The lowest BCUT2D eigenvalue weighted by Crippen LogP contribution is -2.46. The molecule has 1 N–H and O–H groups in total. The zero-order chi connectivity index (χ0) is 13.1. The largest absolute Gasteiger partial charge is 0.396 e. The quantitative estimate of drug-likeness (QED) is 0.851. The van der Waals surface area contributed by atoms with Crippen molar-refractivity contribution in [2.75, 3.05) is 13.2 Å². The molecule has 18 heavy (non-hydrogen) atoms. The molecule has 5 heteroatoms. The fourth-order valence-corrected chi connectivity index (χ4v) is 2.63. The summed E-state index contributed by atoms with van der Waals surface area (Å²) in [5.74, 6) is 0.138. The van der Waals surface area contributed by atoms with E-state index in [-0.39, 0.29) is 24.5 Å². The molecule has 0 aliphatic carbocycles. The fraction of sp³-hybridized carbons (Fsp3) is 0.538. The Morgan fingerprint density at radius 3 is 3.00 bits per heavy atom. The van der Waals surface area contributed by atoms with Crippen molar-refractivity contribution in [2.24, 2.45) is 5.92 Å². The SMILES string of the molecule is CC1CCC(CO)CN1C(=O)c1cccc(Br)n1. The van der Waals surface area contributed by atoms with Crippen molar-refractivity contribution in [1.29, 1.82) is 0 Å². The predicted octanol–water partition coefficient (Wildman–Crippen LogP) is 2.08. The summed E-state index contributed by atoms with van der Waals surface area (Å²) in [6.45, 7) is 2.80. The van der Waals surface area contributed by atoms with Gasteiger partial charge in [-0.2, -0.15) is 0 Å². The Labute approximate surface area is 115 Å². The molecule has 2 atom stereocenters. The van der Waals surface area contributed by atoms with Gasteiger partial charge in [0.05, 0.1) is 0 Å². The molecule has 0 saturated carbocycles.